The van der Waals surface area contributed by atoms with Crippen molar-refractivity contribution in [2.24, 2.45) is 0 Å². The minimum absolute atomic E-state index is 0.0299. The summed E-state index contributed by atoms with van der Waals surface area (Å²) >= 11 is 0. The predicted octanol–water partition coefficient (Wildman–Crippen LogP) is 2.35. The molecule has 0 radical (unpaired) electrons. The quantitative estimate of drug-likeness (QED) is 0.855. The molecule has 150 valence electrons. The maximum atomic E-state index is 13.4. The molecule has 0 atom stereocenters. The van der Waals surface area contributed by atoms with Gasteiger partial charge in [-0.05, 0) is 45.5 Å². The Morgan fingerprint density at radius 2 is 2.11 bits per heavy atom. The summed E-state index contributed by atoms with van der Waals surface area (Å²) in [5.74, 6) is -0.750. The largest absolute Gasteiger partial charge is 0.336 e. The minimum atomic E-state index is -0.419. The summed E-state index contributed by atoms with van der Waals surface area (Å²) in [4.78, 5) is 29.2. The van der Waals surface area contributed by atoms with E-state index in [-0.39, 0.29) is 17.9 Å². The van der Waals surface area contributed by atoms with Crippen molar-refractivity contribution >= 4 is 17.5 Å². The van der Waals surface area contributed by atoms with Gasteiger partial charge in [0.25, 0.3) is 5.91 Å². The van der Waals surface area contributed by atoms with Crippen LogP contribution in [-0.4, -0.2) is 57.6 Å². The van der Waals surface area contributed by atoms with E-state index in [9.17, 15) is 14.0 Å². The smallest absolute Gasteiger partial charge is 0.259 e. The average molecular weight is 387 g/mol. The second kappa shape index (κ2) is 8.52. The Hall–Kier alpha value is -2.74. The van der Waals surface area contributed by atoms with Crippen LogP contribution in [0.15, 0.2) is 30.5 Å². The number of fused-ring (bicyclic) bond motifs is 1. The van der Waals surface area contributed by atoms with Gasteiger partial charge in [-0.25, -0.2) is 4.39 Å². The van der Waals surface area contributed by atoms with Gasteiger partial charge < -0.3 is 10.2 Å². The lowest BCUT2D eigenvalue weighted by atomic mass is 10.2. The van der Waals surface area contributed by atoms with Gasteiger partial charge in [0, 0.05) is 24.8 Å². The Morgan fingerprint density at radius 1 is 1.32 bits per heavy atom. The highest BCUT2D eigenvalue weighted by atomic mass is 19.1. The van der Waals surface area contributed by atoms with Crippen molar-refractivity contribution in [3.05, 3.63) is 47.5 Å². The van der Waals surface area contributed by atoms with Crippen LogP contribution < -0.4 is 5.32 Å². The monoisotopic (exact) mass is 387 g/mol. The molecular formula is C20H26FN5O2. The number of carbonyl (C=O) groups excluding carboxylic acids is 2. The third-order valence-corrected chi connectivity index (χ3v) is 5.03. The molecule has 1 aromatic carbocycles. The molecule has 1 aliphatic rings. The summed E-state index contributed by atoms with van der Waals surface area (Å²) in [5.41, 5.74) is 1.48. The molecule has 0 saturated carbocycles. The molecule has 0 saturated heterocycles. The zero-order valence-corrected chi connectivity index (χ0v) is 16.5. The van der Waals surface area contributed by atoms with Gasteiger partial charge in [0.15, 0.2) is 0 Å². The Bertz CT molecular complexity index is 864. The maximum Gasteiger partial charge on any atom is 0.259 e. The SMILES string of the molecule is CC(C)N(C)CC(=O)N1CCCn2ncc(C(=O)Nc3cccc(F)c3)c2C1. The van der Waals surface area contributed by atoms with Crippen molar-refractivity contribution in [3.63, 3.8) is 0 Å². The summed E-state index contributed by atoms with van der Waals surface area (Å²) in [5, 5.41) is 7.02. The van der Waals surface area contributed by atoms with E-state index in [1.165, 1.54) is 24.4 Å². The first-order valence-electron chi connectivity index (χ1n) is 9.44. The zero-order valence-electron chi connectivity index (χ0n) is 16.5. The highest BCUT2D eigenvalue weighted by Crippen LogP contribution is 2.19. The molecule has 2 heterocycles. The molecule has 2 amide bonds. The fraction of sp³-hybridized carbons (Fsp3) is 0.450. The third kappa shape index (κ3) is 4.56. The van der Waals surface area contributed by atoms with E-state index in [0.29, 0.717) is 43.1 Å². The van der Waals surface area contributed by atoms with Gasteiger partial charge in [-0.3, -0.25) is 19.2 Å². The average Bonchev–Trinajstić information content (AvgIpc) is 2.91. The number of nitrogens with one attached hydrogen (secondary N) is 1. The zero-order chi connectivity index (χ0) is 20.3. The first-order chi connectivity index (χ1) is 13.3. The van der Waals surface area contributed by atoms with Gasteiger partial charge in [-0.2, -0.15) is 5.10 Å². The van der Waals surface area contributed by atoms with E-state index in [0.717, 1.165) is 6.42 Å². The summed E-state index contributed by atoms with van der Waals surface area (Å²) < 4.78 is 15.1. The van der Waals surface area contributed by atoms with Crippen molar-refractivity contribution in [2.75, 3.05) is 25.5 Å². The molecule has 1 aromatic heterocycles. The number of aryl methyl sites for hydroxylation is 1. The summed E-state index contributed by atoms with van der Waals surface area (Å²) in [6.07, 6.45) is 2.29. The van der Waals surface area contributed by atoms with E-state index in [1.54, 1.807) is 15.6 Å². The highest BCUT2D eigenvalue weighted by molar-refractivity contribution is 6.05. The van der Waals surface area contributed by atoms with Crippen LogP contribution in [0.2, 0.25) is 0 Å². The Balaban J connectivity index is 1.76. The number of hydrogen-bond donors (Lipinski definition) is 1. The lowest BCUT2D eigenvalue weighted by Gasteiger charge is -2.26. The molecule has 0 spiro atoms. The Kier molecular flexibility index (Phi) is 6.08. The van der Waals surface area contributed by atoms with E-state index >= 15 is 0 Å². The van der Waals surface area contributed by atoms with Crippen LogP contribution in [-0.2, 0) is 17.9 Å². The number of hydrogen-bond acceptors (Lipinski definition) is 4. The van der Waals surface area contributed by atoms with Gasteiger partial charge in [0.2, 0.25) is 5.91 Å². The number of nitrogens with zero attached hydrogens (tertiary/aromatic N) is 4. The summed E-state index contributed by atoms with van der Waals surface area (Å²) in [6, 6.07) is 6.02. The molecule has 1 N–H and O–H groups in total. The molecule has 3 rings (SSSR count). The number of benzene rings is 1. The predicted molar refractivity (Wildman–Crippen MR) is 104 cm³/mol. The van der Waals surface area contributed by atoms with Gasteiger partial charge >= 0.3 is 0 Å². The van der Waals surface area contributed by atoms with Crippen molar-refractivity contribution in [1.29, 1.82) is 0 Å². The molecule has 0 bridgehead atoms. The van der Waals surface area contributed by atoms with Crippen LogP contribution in [0.4, 0.5) is 10.1 Å². The lowest BCUT2D eigenvalue weighted by molar-refractivity contribution is -0.133. The first kappa shape index (κ1) is 20.0. The second-order valence-corrected chi connectivity index (χ2v) is 7.37. The van der Waals surface area contributed by atoms with Gasteiger partial charge in [0.05, 0.1) is 30.5 Å². The topological polar surface area (TPSA) is 70.5 Å². The Morgan fingerprint density at radius 3 is 2.82 bits per heavy atom. The minimum Gasteiger partial charge on any atom is -0.336 e. The molecule has 1 aliphatic heterocycles. The van der Waals surface area contributed by atoms with Crippen molar-refractivity contribution in [2.45, 2.75) is 39.4 Å². The number of carbonyl (C=O) groups is 2. The number of aromatic nitrogens is 2. The highest BCUT2D eigenvalue weighted by Gasteiger charge is 2.25. The number of likely N-dealkylation sites (N-methyl/N-ethyl adjacent to an activating group) is 1. The molecule has 8 heteroatoms. The van der Waals surface area contributed by atoms with Gasteiger partial charge in [-0.15, -0.1) is 0 Å². The molecule has 0 fully saturated rings. The van der Waals surface area contributed by atoms with E-state index in [4.69, 9.17) is 0 Å². The number of anilines is 1. The van der Waals surface area contributed by atoms with Gasteiger partial charge in [-0.1, -0.05) is 6.07 Å². The van der Waals surface area contributed by atoms with Crippen LogP contribution >= 0.6 is 0 Å². The Labute approximate surface area is 164 Å². The third-order valence-electron chi connectivity index (χ3n) is 5.03. The second-order valence-electron chi connectivity index (χ2n) is 7.37. The summed E-state index contributed by atoms with van der Waals surface area (Å²) in [6.45, 7) is 6.01. The van der Waals surface area contributed by atoms with E-state index in [2.05, 4.69) is 10.4 Å². The molecule has 28 heavy (non-hydrogen) atoms. The number of rotatable bonds is 5. The number of halogens is 1. The normalized spacial score (nSPS) is 14.1. The van der Waals surface area contributed by atoms with Crippen LogP contribution in [0, 0.1) is 5.82 Å². The van der Waals surface area contributed by atoms with Crippen molar-refractivity contribution < 1.29 is 14.0 Å². The molecule has 7 nitrogen and oxygen atoms in total. The van der Waals surface area contributed by atoms with Gasteiger partial charge in [0.1, 0.15) is 5.82 Å². The van der Waals surface area contributed by atoms with Crippen molar-refractivity contribution in [3.8, 4) is 0 Å². The fourth-order valence-electron chi connectivity index (χ4n) is 3.10. The van der Waals surface area contributed by atoms with Crippen LogP contribution in [0.3, 0.4) is 0 Å². The fourth-order valence-corrected chi connectivity index (χ4v) is 3.10. The standard InChI is InChI=1S/C20H26FN5O2/c1-14(2)24(3)13-19(27)25-8-5-9-26-18(12-25)17(11-22-26)20(28)23-16-7-4-6-15(21)10-16/h4,6-7,10-11,14H,5,8-9,12-13H2,1-3H3,(H,23,28). The summed E-state index contributed by atoms with van der Waals surface area (Å²) in [7, 11) is 1.92. The van der Waals surface area contributed by atoms with Crippen LogP contribution in [0.25, 0.3) is 0 Å². The maximum absolute atomic E-state index is 13.4. The first-order valence-corrected chi connectivity index (χ1v) is 9.44. The van der Waals surface area contributed by atoms with Crippen molar-refractivity contribution in [1.82, 2.24) is 19.6 Å². The molecular weight excluding hydrogens is 361 g/mol. The molecule has 2 aromatic rings. The van der Waals surface area contributed by atoms with Crippen LogP contribution in [0.5, 0.6) is 0 Å². The molecule has 0 aliphatic carbocycles. The lowest BCUT2D eigenvalue weighted by Crippen LogP contribution is -2.41. The van der Waals surface area contributed by atoms with Crippen LogP contribution in [0.1, 0.15) is 36.3 Å². The molecule has 0 unspecified atom stereocenters. The number of amides is 2. The van der Waals surface area contributed by atoms with E-state index in [1.807, 2.05) is 25.8 Å². The van der Waals surface area contributed by atoms with E-state index < -0.39 is 5.82 Å².